The van der Waals surface area contributed by atoms with E-state index < -0.39 is 35.7 Å². The zero-order valence-electron chi connectivity index (χ0n) is 14.5. The minimum atomic E-state index is -1.78. The van der Waals surface area contributed by atoms with Crippen LogP contribution in [0.3, 0.4) is 0 Å². The summed E-state index contributed by atoms with van der Waals surface area (Å²) in [5.41, 5.74) is -0.602. The molecular weight excluding hydrogens is 386 g/mol. The van der Waals surface area contributed by atoms with E-state index in [0.717, 1.165) is 9.80 Å². The number of rotatable bonds is 4. The third-order valence-corrected chi connectivity index (χ3v) is 5.24. The van der Waals surface area contributed by atoms with E-state index in [2.05, 4.69) is 4.98 Å². The molecule has 1 atom stereocenters. The predicted molar refractivity (Wildman–Crippen MR) is 97.5 cm³/mol. The van der Waals surface area contributed by atoms with Crippen molar-refractivity contribution in [1.82, 2.24) is 9.88 Å². The maximum Gasteiger partial charge on any atom is 0.323 e. The Hall–Kier alpha value is -3.26. The highest BCUT2D eigenvalue weighted by Gasteiger charge is 2.63. The predicted octanol–water partition coefficient (Wildman–Crippen LogP) is 1.36. The number of aromatic nitrogens is 1. The van der Waals surface area contributed by atoms with Gasteiger partial charge in [-0.25, -0.2) is 0 Å². The summed E-state index contributed by atoms with van der Waals surface area (Å²) in [7, 11) is 0. The van der Waals surface area contributed by atoms with Gasteiger partial charge in [0.05, 0.1) is 13.0 Å². The molecule has 2 aromatic rings. The number of anilines is 1. The SMILES string of the molecule is O=C(O)CN1C(=O)C2(CC(=O)N(Cc3cccnc3)C2=O)c2cc(Cl)ccc21. The average Bonchev–Trinajstić information content (AvgIpc) is 3.03. The third kappa shape index (κ3) is 2.56. The number of carbonyl (C=O) groups is 4. The lowest BCUT2D eigenvalue weighted by molar-refractivity contribution is -0.143. The van der Waals surface area contributed by atoms with Crippen LogP contribution in [-0.2, 0) is 31.1 Å². The summed E-state index contributed by atoms with van der Waals surface area (Å²) in [5.74, 6) is -3.14. The van der Waals surface area contributed by atoms with Crippen LogP contribution in [0.5, 0.6) is 0 Å². The standard InChI is InChI=1S/C19H14ClN3O5/c20-12-3-4-14-13(6-12)19(17(27)22(14)10-16(25)26)7-15(24)23(18(19)28)9-11-2-1-5-21-8-11/h1-6,8H,7,9-10H2,(H,25,26). The second-order valence-electron chi connectivity index (χ2n) is 6.67. The lowest BCUT2D eigenvalue weighted by Gasteiger charge is -2.22. The summed E-state index contributed by atoms with van der Waals surface area (Å²) < 4.78 is 0. The smallest absolute Gasteiger partial charge is 0.323 e. The van der Waals surface area contributed by atoms with Crippen molar-refractivity contribution in [3.05, 3.63) is 58.9 Å². The van der Waals surface area contributed by atoms with Gasteiger partial charge in [0.25, 0.3) is 0 Å². The van der Waals surface area contributed by atoms with E-state index in [-0.39, 0.29) is 29.2 Å². The van der Waals surface area contributed by atoms with E-state index in [1.54, 1.807) is 18.3 Å². The summed E-state index contributed by atoms with van der Waals surface area (Å²) in [4.78, 5) is 56.4. The Kier molecular flexibility index (Phi) is 4.15. The number of carboxylic acids is 1. The molecule has 0 saturated carbocycles. The summed E-state index contributed by atoms with van der Waals surface area (Å²) in [6.45, 7) is -0.630. The van der Waals surface area contributed by atoms with Crippen molar-refractivity contribution in [1.29, 1.82) is 0 Å². The normalized spacial score (nSPS) is 21.0. The maximum atomic E-state index is 13.3. The Morgan fingerprint density at radius 2 is 1.93 bits per heavy atom. The first kappa shape index (κ1) is 18.1. The third-order valence-electron chi connectivity index (χ3n) is 5.00. The number of halogens is 1. The molecule has 0 bridgehead atoms. The maximum absolute atomic E-state index is 13.3. The first-order valence-electron chi connectivity index (χ1n) is 8.42. The monoisotopic (exact) mass is 399 g/mol. The van der Waals surface area contributed by atoms with Crippen molar-refractivity contribution in [3.63, 3.8) is 0 Å². The molecule has 1 fully saturated rings. The van der Waals surface area contributed by atoms with E-state index in [4.69, 9.17) is 11.6 Å². The summed E-state index contributed by atoms with van der Waals surface area (Å²) >= 11 is 6.07. The molecule has 1 N–H and O–H groups in total. The minimum Gasteiger partial charge on any atom is -0.480 e. The molecule has 2 aliphatic rings. The van der Waals surface area contributed by atoms with Crippen molar-refractivity contribution in [2.75, 3.05) is 11.4 Å². The molecule has 9 heteroatoms. The molecule has 142 valence electrons. The Morgan fingerprint density at radius 3 is 2.61 bits per heavy atom. The Bertz CT molecular complexity index is 1030. The van der Waals surface area contributed by atoms with Gasteiger partial charge in [-0.3, -0.25) is 34.0 Å². The van der Waals surface area contributed by atoms with Crippen molar-refractivity contribution in [2.24, 2.45) is 0 Å². The highest BCUT2D eigenvalue weighted by Crippen LogP contribution is 2.49. The fraction of sp³-hybridized carbons (Fsp3) is 0.211. The molecule has 0 radical (unpaired) electrons. The number of hydrogen-bond acceptors (Lipinski definition) is 5. The average molecular weight is 400 g/mol. The second kappa shape index (κ2) is 6.42. The number of fused-ring (bicyclic) bond motifs is 2. The van der Waals surface area contributed by atoms with Gasteiger partial charge >= 0.3 is 5.97 Å². The van der Waals surface area contributed by atoms with Crippen LogP contribution < -0.4 is 4.90 Å². The van der Waals surface area contributed by atoms with Crippen molar-refractivity contribution < 1.29 is 24.3 Å². The largest absolute Gasteiger partial charge is 0.480 e. The topological polar surface area (TPSA) is 108 Å². The van der Waals surface area contributed by atoms with Crippen LogP contribution >= 0.6 is 11.6 Å². The quantitative estimate of drug-likeness (QED) is 0.614. The molecule has 1 unspecified atom stereocenters. The highest BCUT2D eigenvalue weighted by atomic mass is 35.5. The number of imide groups is 1. The van der Waals surface area contributed by atoms with Crippen LogP contribution in [0.1, 0.15) is 17.5 Å². The van der Waals surface area contributed by atoms with Crippen LogP contribution in [0, 0.1) is 0 Å². The number of aliphatic carboxylic acids is 1. The zero-order chi connectivity index (χ0) is 20.1. The van der Waals surface area contributed by atoms with E-state index in [1.165, 1.54) is 24.4 Å². The molecule has 2 aliphatic heterocycles. The first-order valence-corrected chi connectivity index (χ1v) is 8.80. The van der Waals surface area contributed by atoms with Gasteiger partial charge in [0.1, 0.15) is 6.54 Å². The van der Waals surface area contributed by atoms with Crippen LogP contribution in [-0.4, -0.2) is 45.2 Å². The molecule has 28 heavy (non-hydrogen) atoms. The van der Waals surface area contributed by atoms with Crippen molar-refractivity contribution in [2.45, 2.75) is 18.4 Å². The second-order valence-corrected chi connectivity index (χ2v) is 7.11. The molecule has 1 aromatic heterocycles. The van der Waals surface area contributed by atoms with E-state index >= 15 is 0 Å². The summed E-state index contributed by atoms with van der Waals surface area (Å²) in [6, 6.07) is 7.86. The number of hydrogen-bond donors (Lipinski definition) is 1. The molecule has 3 heterocycles. The summed E-state index contributed by atoms with van der Waals surface area (Å²) in [5, 5.41) is 9.46. The molecule has 3 amide bonds. The number of carbonyl (C=O) groups excluding carboxylic acids is 3. The molecule has 8 nitrogen and oxygen atoms in total. The van der Waals surface area contributed by atoms with Crippen LogP contribution in [0.25, 0.3) is 0 Å². The Balaban J connectivity index is 1.79. The van der Waals surface area contributed by atoms with E-state index in [0.29, 0.717) is 5.56 Å². The Labute approximate surface area is 164 Å². The van der Waals surface area contributed by atoms with Gasteiger partial charge in [-0.15, -0.1) is 0 Å². The number of pyridine rings is 1. The van der Waals surface area contributed by atoms with Gasteiger partial charge in [0.2, 0.25) is 17.7 Å². The molecule has 1 aromatic carbocycles. The number of carboxylic acid groups (broad SMARTS) is 1. The highest BCUT2D eigenvalue weighted by molar-refractivity contribution is 6.32. The van der Waals surface area contributed by atoms with Gasteiger partial charge in [-0.1, -0.05) is 17.7 Å². The molecule has 4 rings (SSSR count). The number of nitrogens with zero attached hydrogens (tertiary/aromatic N) is 3. The molecule has 0 aliphatic carbocycles. The number of amides is 3. The van der Waals surface area contributed by atoms with Crippen molar-refractivity contribution in [3.8, 4) is 0 Å². The van der Waals surface area contributed by atoms with Gasteiger partial charge < -0.3 is 5.11 Å². The van der Waals surface area contributed by atoms with Gasteiger partial charge in [0.15, 0.2) is 5.41 Å². The van der Waals surface area contributed by atoms with Crippen LogP contribution in [0.15, 0.2) is 42.7 Å². The summed E-state index contributed by atoms with van der Waals surface area (Å²) in [6.07, 6.45) is 2.74. The Morgan fingerprint density at radius 1 is 1.18 bits per heavy atom. The fourth-order valence-corrected chi connectivity index (χ4v) is 3.96. The van der Waals surface area contributed by atoms with Crippen molar-refractivity contribution >= 4 is 41.0 Å². The number of likely N-dealkylation sites (tertiary alicyclic amines) is 1. The van der Waals surface area contributed by atoms with E-state index in [9.17, 15) is 24.3 Å². The van der Waals surface area contributed by atoms with Gasteiger partial charge in [-0.05, 0) is 29.8 Å². The molecular formula is C19H14ClN3O5. The van der Waals surface area contributed by atoms with Crippen LogP contribution in [0.2, 0.25) is 5.02 Å². The minimum absolute atomic E-state index is 0.0185. The van der Waals surface area contributed by atoms with Gasteiger partial charge in [-0.2, -0.15) is 0 Å². The fourth-order valence-electron chi connectivity index (χ4n) is 3.79. The van der Waals surface area contributed by atoms with E-state index in [1.807, 2.05) is 0 Å². The number of benzene rings is 1. The van der Waals surface area contributed by atoms with Gasteiger partial charge in [0, 0.05) is 28.7 Å². The first-order chi connectivity index (χ1) is 13.3. The van der Waals surface area contributed by atoms with Crippen LogP contribution in [0.4, 0.5) is 5.69 Å². The molecule has 1 spiro atoms. The zero-order valence-corrected chi connectivity index (χ0v) is 15.2. The lowest BCUT2D eigenvalue weighted by Crippen LogP contribution is -2.47. The lowest BCUT2D eigenvalue weighted by atomic mass is 9.80. The molecule has 1 saturated heterocycles.